The molecule has 0 saturated heterocycles. The van der Waals surface area contributed by atoms with Gasteiger partial charge in [-0.05, 0) is 36.1 Å². The SMILES string of the molecule is COc1cc(CF)c(C2(C(=O)O)CCC2)cc1OC. The molecule has 0 aliphatic heterocycles. The lowest BCUT2D eigenvalue weighted by Gasteiger charge is -2.39. The number of hydrogen-bond acceptors (Lipinski definition) is 3. The molecule has 19 heavy (non-hydrogen) atoms. The normalized spacial score (nSPS) is 16.6. The summed E-state index contributed by atoms with van der Waals surface area (Å²) in [4.78, 5) is 11.5. The Labute approximate surface area is 111 Å². The van der Waals surface area contributed by atoms with Crippen LogP contribution in [0.15, 0.2) is 12.1 Å². The number of rotatable bonds is 5. The number of halogens is 1. The smallest absolute Gasteiger partial charge is 0.314 e. The van der Waals surface area contributed by atoms with Crippen molar-refractivity contribution in [2.24, 2.45) is 0 Å². The maximum atomic E-state index is 13.2. The van der Waals surface area contributed by atoms with Gasteiger partial charge in [0.2, 0.25) is 0 Å². The van der Waals surface area contributed by atoms with Crippen molar-refractivity contribution in [3.05, 3.63) is 23.3 Å². The molecule has 0 radical (unpaired) electrons. The van der Waals surface area contributed by atoms with E-state index in [1.54, 1.807) is 6.07 Å². The van der Waals surface area contributed by atoms with E-state index in [2.05, 4.69) is 0 Å². The average molecular weight is 268 g/mol. The molecule has 1 fully saturated rings. The molecule has 1 aromatic rings. The molecule has 0 bridgehead atoms. The summed E-state index contributed by atoms with van der Waals surface area (Å²) in [6.07, 6.45) is 1.90. The minimum Gasteiger partial charge on any atom is -0.493 e. The first-order valence-corrected chi connectivity index (χ1v) is 6.14. The molecule has 104 valence electrons. The molecule has 5 heteroatoms. The second-order valence-corrected chi connectivity index (χ2v) is 4.74. The van der Waals surface area contributed by atoms with Gasteiger partial charge >= 0.3 is 5.97 Å². The Morgan fingerprint density at radius 1 is 1.32 bits per heavy atom. The topological polar surface area (TPSA) is 55.8 Å². The Morgan fingerprint density at radius 2 is 1.89 bits per heavy atom. The summed E-state index contributed by atoms with van der Waals surface area (Å²) < 4.78 is 23.5. The van der Waals surface area contributed by atoms with Gasteiger partial charge in [0, 0.05) is 0 Å². The third-order valence-electron chi connectivity index (χ3n) is 3.89. The van der Waals surface area contributed by atoms with E-state index in [4.69, 9.17) is 9.47 Å². The molecule has 0 amide bonds. The lowest BCUT2D eigenvalue weighted by atomic mass is 9.63. The molecule has 1 N–H and O–H groups in total. The molecule has 0 heterocycles. The van der Waals surface area contributed by atoms with Crippen LogP contribution < -0.4 is 9.47 Å². The molecule has 1 aromatic carbocycles. The van der Waals surface area contributed by atoms with Crippen LogP contribution in [0.4, 0.5) is 4.39 Å². The fourth-order valence-corrected chi connectivity index (χ4v) is 2.61. The number of alkyl halides is 1. The van der Waals surface area contributed by atoms with Crippen LogP contribution in [0.25, 0.3) is 0 Å². The number of carboxylic acid groups (broad SMARTS) is 1. The van der Waals surface area contributed by atoms with Crippen LogP contribution in [0.1, 0.15) is 30.4 Å². The van der Waals surface area contributed by atoms with E-state index < -0.39 is 18.1 Å². The van der Waals surface area contributed by atoms with E-state index in [-0.39, 0.29) is 0 Å². The van der Waals surface area contributed by atoms with Crippen LogP contribution >= 0.6 is 0 Å². The fraction of sp³-hybridized carbons (Fsp3) is 0.500. The predicted octanol–water partition coefficient (Wildman–Crippen LogP) is 2.68. The van der Waals surface area contributed by atoms with Gasteiger partial charge in [-0.15, -0.1) is 0 Å². The molecule has 2 rings (SSSR count). The van der Waals surface area contributed by atoms with Crippen molar-refractivity contribution in [2.75, 3.05) is 14.2 Å². The summed E-state index contributed by atoms with van der Waals surface area (Å²) in [5, 5.41) is 9.45. The Morgan fingerprint density at radius 3 is 2.26 bits per heavy atom. The van der Waals surface area contributed by atoms with E-state index in [1.807, 2.05) is 0 Å². The van der Waals surface area contributed by atoms with Crippen LogP contribution in [-0.4, -0.2) is 25.3 Å². The largest absolute Gasteiger partial charge is 0.493 e. The predicted molar refractivity (Wildman–Crippen MR) is 67.5 cm³/mol. The van der Waals surface area contributed by atoms with E-state index >= 15 is 0 Å². The highest BCUT2D eigenvalue weighted by atomic mass is 19.1. The average Bonchev–Trinajstić information content (AvgIpc) is 2.36. The van der Waals surface area contributed by atoms with E-state index in [1.165, 1.54) is 20.3 Å². The molecule has 1 aliphatic rings. The summed E-state index contributed by atoms with van der Waals surface area (Å²) in [6.45, 7) is -0.718. The van der Waals surface area contributed by atoms with Crippen LogP contribution in [0.2, 0.25) is 0 Å². The van der Waals surface area contributed by atoms with Gasteiger partial charge in [0.25, 0.3) is 0 Å². The summed E-state index contributed by atoms with van der Waals surface area (Å²) in [5.74, 6) is -0.0540. The highest BCUT2D eigenvalue weighted by molar-refractivity contribution is 5.83. The third-order valence-corrected chi connectivity index (χ3v) is 3.89. The van der Waals surface area contributed by atoms with E-state index in [9.17, 15) is 14.3 Å². The standard InChI is InChI=1S/C14H17FO4/c1-18-11-6-9(8-15)10(7-12(11)19-2)14(13(16)17)4-3-5-14/h6-7H,3-5,8H2,1-2H3,(H,16,17). The van der Waals surface area contributed by atoms with Crippen LogP contribution in [0, 0.1) is 0 Å². The molecule has 0 unspecified atom stereocenters. The van der Waals surface area contributed by atoms with Gasteiger partial charge in [-0.25, -0.2) is 4.39 Å². The summed E-state index contributed by atoms with van der Waals surface area (Å²) >= 11 is 0. The van der Waals surface area contributed by atoms with Gasteiger partial charge in [0.05, 0.1) is 19.6 Å². The second kappa shape index (κ2) is 5.07. The zero-order valence-electron chi connectivity index (χ0n) is 11.0. The van der Waals surface area contributed by atoms with Crippen LogP contribution in [-0.2, 0) is 16.9 Å². The Bertz CT molecular complexity index is 494. The van der Waals surface area contributed by atoms with Crippen LogP contribution in [0.5, 0.6) is 11.5 Å². The number of benzene rings is 1. The Kier molecular flexibility index (Phi) is 3.64. The van der Waals surface area contributed by atoms with Gasteiger partial charge in [0.15, 0.2) is 11.5 Å². The quantitative estimate of drug-likeness (QED) is 0.892. The van der Waals surface area contributed by atoms with Gasteiger partial charge in [-0.1, -0.05) is 6.42 Å². The Hall–Kier alpha value is -1.78. The Balaban J connectivity index is 2.58. The summed E-state index contributed by atoms with van der Waals surface area (Å²) in [5.41, 5.74) is -0.104. The number of carboxylic acids is 1. The van der Waals surface area contributed by atoms with Crippen molar-refractivity contribution in [1.82, 2.24) is 0 Å². The zero-order valence-corrected chi connectivity index (χ0v) is 11.0. The lowest BCUT2D eigenvalue weighted by molar-refractivity contribution is -0.147. The fourth-order valence-electron chi connectivity index (χ4n) is 2.61. The second-order valence-electron chi connectivity index (χ2n) is 4.74. The molecule has 1 saturated carbocycles. The van der Waals surface area contributed by atoms with Crippen molar-refractivity contribution in [3.63, 3.8) is 0 Å². The molecule has 0 spiro atoms. The highest BCUT2D eigenvalue weighted by Crippen LogP contribution is 2.48. The number of ether oxygens (including phenoxy) is 2. The summed E-state index contributed by atoms with van der Waals surface area (Å²) in [6, 6.07) is 3.12. The minimum absolute atomic E-state index is 0.361. The lowest BCUT2D eigenvalue weighted by Crippen LogP contribution is -2.43. The number of hydrogen-bond donors (Lipinski definition) is 1. The van der Waals surface area contributed by atoms with Crippen molar-refractivity contribution in [3.8, 4) is 11.5 Å². The molecule has 1 aliphatic carbocycles. The zero-order chi connectivity index (χ0) is 14.0. The van der Waals surface area contributed by atoms with Gasteiger partial charge in [0.1, 0.15) is 6.67 Å². The molecule has 0 aromatic heterocycles. The number of carbonyl (C=O) groups is 1. The molecule has 0 atom stereocenters. The van der Waals surface area contributed by atoms with Gasteiger partial charge in [-0.2, -0.15) is 0 Å². The van der Waals surface area contributed by atoms with Crippen molar-refractivity contribution >= 4 is 5.97 Å². The maximum absolute atomic E-state index is 13.2. The first kappa shape index (κ1) is 13.6. The van der Waals surface area contributed by atoms with E-state index in [0.29, 0.717) is 35.5 Å². The summed E-state index contributed by atoms with van der Waals surface area (Å²) in [7, 11) is 2.95. The minimum atomic E-state index is -0.971. The number of methoxy groups -OCH3 is 2. The third kappa shape index (κ3) is 2.03. The van der Waals surface area contributed by atoms with Crippen LogP contribution in [0.3, 0.4) is 0 Å². The molecular formula is C14H17FO4. The van der Waals surface area contributed by atoms with Crippen molar-refractivity contribution in [2.45, 2.75) is 31.4 Å². The maximum Gasteiger partial charge on any atom is 0.314 e. The van der Waals surface area contributed by atoms with Crippen molar-refractivity contribution < 1.29 is 23.8 Å². The van der Waals surface area contributed by atoms with Gasteiger partial charge in [-0.3, -0.25) is 4.79 Å². The van der Waals surface area contributed by atoms with E-state index in [0.717, 1.165) is 6.42 Å². The molecule has 4 nitrogen and oxygen atoms in total. The van der Waals surface area contributed by atoms with Crippen molar-refractivity contribution in [1.29, 1.82) is 0 Å². The number of aliphatic carboxylic acids is 1. The van der Waals surface area contributed by atoms with Gasteiger partial charge < -0.3 is 14.6 Å². The monoisotopic (exact) mass is 268 g/mol. The first-order chi connectivity index (χ1) is 9.08. The molecular weight excluding hydrogens is 251 g/mol. The highest BCUT2D eigenvalue weighted by Gasteiger charge is 2.47. The first-order valence-electron chi connectivity index (χ1n) is 6.14.